The monoisotopic (exact) mass is 299 g/mol. The van der Waals surface area contributed by atoms with Crippen LogP contribution in [0.15, 0.2) is 16.8 Å². The summed E-state index contributed by atoms with van der Waals surface area (Å²) < 4.78 is 26.2. The normalized spacial score (nSPS) is 36.0. The fourth-order valence-corrected chi connectivity index (χ4v) is 2.62. The minimum Gasteiger partial charge on any atom is -0.478 e. The number of hydrogen-bond acceptors (Lipinski definition) is 8. The Balaban J connectivity index is 1.84. The number of hydrogen-bond donors (Lipinski definition) is 1. The van der Waals surface area contributed by atoms with Gasteiger partial charge in [-0.1, -0.05) is 0 Å². The highest BCUT2D eigenvalue weighted by atomic mass is 16.7. The van der Waals surface area contributed by atoms with Crippen molar-refractivity contribution in [2.45, 2.75) is 37.4 Å². The lowest BCUT2D eigenvalue weighted by atomic mass is 9.95. The average molecular weight is 299 g/mol. The third kappa shape index (κ3) is 2.61. The summed E-state index contributed by atoms with van der Waals surface area (Å²) in [5, 5.41) is 10.4. The molecule has 1 saturated heterocycles. The van der Waals surface area contributed by atoms with Crippen molar-refractivity contribution in [3.8, 4) is 0 Å². The second kappa shape index (κ2) is 5.63. The van der Waals surface area contributed by atoms with Crippen molar-refractivity contribution in [3.63, 3.8) is 0 Å². The van der Waals surface area contributed by atoms with Gasteiger partial charge in [-0.3, -0.25) is 0 Å². The molecule has 8 nitrogen and oxygen atoms in total. The van der Waals surface area contributed by atoms with Crippen LogP contribution >= 0.6 is 0 Å². The van der Waals surface area contributed by atoms with Gasteiger partial charge in [-0.05, 0) is 0 Å². The van der Waals surface area contributed by atoms with Gasteiger partial charge in [0.1, 0.15) is 31.1 Å². The molecule has 3 rings (SSSR count). The van der Waals surface area contributed by atoms with Crippen LogP contribution in [0.4, 0.5) is 0 Å². The summed E-state index contributed by atoms with van der Waals surface area (Å²) in [6.45, 7) is 2.10. The van der Waals surface area contributed by atoms with Gasteiger partial charge in [0.25, 0.3) is 0 Å². The average Bonchev–Trinajstić information content (AvgIpc) is 3.12. The second-order valence-corrected chi connectivity index (χ2v) is 5.01. The maximum Gasteiger partial charge on any atom is 0.373 e. The van der Waals surface area contributed by atoms with Crippen molar-refractivity contribution in [1.82, 2.24) is 0 Å². The molecule has 8 heteroatoms. The van der Waals surface area contributed by atoms with E-state index in [0.717, 1.165) is 0 Å². The Bertz CT molecular complexity index is 483. The molecule has 3 aliphatic rings. The topological polar surface area (TPSA) is 95.8 Å². The number of aliphatic imine (C=N–C) groups is 1. The first kappa shape index (κ1) is 14.3. The number of ether oxygens (including phenoxy) is 5. The van der Waals surface area contributed by atoms with Gasteiger partial charge in [-0.15, -0.1) is 0 Å². The molecule has 0 spiro atoms. The highest BCUT2D eigenvalue weighted by Crippen LogP contribution is 2.31. The van der Waals surface area contributed by atoms with Gasteiger partial charge in [-0.25, -0.2) is 9.79 Å². The van der Waals surface area contributed by atoms with Gasteiger partial charge in [0.15, 0.2) is 12.0 Å². The zero-order valence-electron chi connectivity index (χ0n) is 11.7. The summed E-state index contributed by atoms with van der Waals surface area (Å²) in [4.78, 5) is 16.0. The predicted molar refractivity (Wildman–Crippen MR) is 68.4 cm³/mol. The fourth-order valence-electron chi connectivity index (χ4n) is 2.62. The number of aliphatic hydroxyl groups is 1. The number of aliphatic hydroxyl groups excluding tert-OH is 1. The zero-order chi connectivity index (χ0) is 15.0. The van der Waals surface area contributed by atoms with Gasteiger partial charge in [0.2, 0.25) is 5.76 Å². The van der Waals surface area contributed by atoms with Crippen LogP contribution in [0.3, 0.4) is 0 Å². The minimum absolute atomic E-state index is 0.00613. The first-order valence-electron chi connectivity index (χ1n) is 6.65. The fraction of sp³-hybridized carbons (Fsp3) is 0.692. The summed E-state index contributed by atoms with van der Waals surface area (Å²) in [6, 6.07) is -0.433. The number of methoxy groups -OCH3 is 1. The van der Waals surface area contributed by atoms with Crippen molar-refractivity contribution in [2.75, 3.05) is 20.5 Å². The van der Waals surface area contributed by atoms with Crippen LogP contribution < -0.4 is 0 Å². The first-order valence-corrected chi connectivity index (χ1v) is 6.65. The van der Waals surface area contributed by atoms with E-state index in [4.69, 9.17) is 18.9 Å². The molecular formula is C13H17NO7. The van der Waals surface area contributed by atoms with Crippen molar-refractivity contribution in [1.29, 1.82) is 0 Å². The van der Waals surface area contributed by atoms with E-state index in [0.29, 0.717) is 5.90 Å². The van der Waals surface area contributed by atoms with Gasteiger partial charge in [0.05, 0.1) is 13.7 Å². The standard InChI is InChI=1S/C13H17NO7/c1-6-14-10-7(20-6)3-8(13(16)17-2)21-12(10)11(15)9-4-18-5-19-9/h3,7,9-12,15H,4-5H2,1-2H3/t7-,9+,10-,11+,12-/m1/s1. The Morgan fingerprint density at radius 2 is 2.33 bits per heavy atom. The highest BCUT2D eigenvalue weighted by Gasteiger charge is 2.48. The highest BCUT2D eigenvalue weighted by molar-refractivity contribution is 5.87. The van der Waals surface area contributed by atoms with E-state index in [2.05, 4.69) is 9.73 Å². The number of fused-ring (bicyclic) bond motifs is 1. The molecule has 0 aliphatic carbocycles. The Morgan fingerprint density at radius 1 is 1.52 bits per heavy atom. The number of carbonyl (C=O) groups is 1. The Labute approximate surface area is 121 Å². The van der Waals surface area contributed by atoms with E-state index >= 15 is 0 Å². The van der Waals surface area contributed by atoms with Crippen molar-refractivity contribution in [3.05, 3.63) is 11.8 Å². The van der Waals surface area contributed by atoms with E-state index in [1.807, 2.05) is 0 Å². The SMILES string of the molecule is COC(=O)C1=C[C@H]2OC(C)=N[C@H]2[C@H]([C@@H](O)[C@@H]2COCO2)O1. The molecule has 5 atom stereocenters. The second-order valence-electron chi connectivity index (χ2n) is 5.01. The lowest BCUT2D eigenvalue weighted by molar-refractivity contribution is -0.147. The molecule has 21 heavy (non-hydrogen) atoms. The molecule has 1 N–H and O–H groups in total. The van der Waals surface area contributed by atoms with Crippen molar-refractivity contribution < 1.29 is 33.6 Å². The summed E-state index contributed by atoms with van der Waals surface area (Å²) in [6.07, 6.45) is -1.23. The molecule has 0 radical (unpaired) electrons. The van der Waals surface area contributed by atoms with Crippen molar-refractivity contribution >= 4 is 11.9 Å². The number of nitrogens with zero attached hydrogens (tertiary/aromatic N) is 1. The van der Waals surface area contributed by atoms with E-state index in [9.17, 15) is 9.90 Å². The van der Waals surface area contributed by atoms with E-state index < -0.39 is 36.4 Å². The smallest absolute Gasteiger partial charge is 0.373 e. The van der Waals surface area contributed by atoms with Gasteiger partial charge in [0, 0.05) is 13.0 Å². The maximum atomic E-state index is 11.7. The molecule has 116 valence electrons. The van der Waals surface area contributed by atoms with Crippen LogP contribution in [0.5, 0.6) is 0 Å². The minimum atomic E-state index is -0.994. The molecule has 1 fully saturated rings. The Kier molecular flexibility index (Phi) is 3.83. The molecule has 0 aromatic carbocycles. The summed E-state index contributed by atoms with van der Waals surface area (Å²) >= 11 is 0. The lowest BCUT2D eigenvalue weighted by Crippen LogP contribution is -2.51. The molecule has 3 heterocycles. The van der Waals surface area contributed by atoms with Crippen LogP contribution in [-0.2, 0) is 28.5 Å². The molecule has 0 aromatic rings. The van der Waals surface area contributed by atoms with Crippen molar-refractivity contribution in [2.24, 2.45) is 4.99 Å². The van der Waals surface area contributed by atoms with E-state index in [-0.39, 0.29) is 19.2 Å². The predicted octanol–water partition coefficient (Wildman–Crippen LogP) is -0.638. The molecule has 0 bridgehead atoms. The molecular weight excluding hydrogens is 282 g/mol. The summed E-state index contributed by atoms with van der Waals surface area (Å²) in [7, 11) is 1.26. The molecule has 3 aliphatic heterocycles. The zero-order valence-corrected chi connectivity index (χ0v) is 11.7. The van der Waals surface area contributed by atoms with Crippen LogP contribution in [0.2, 0.25) is 0 Å². The third-order valence-electron chi connectivity index (χ3n) is 3.64. The first-order chi connectivity index (χ1) is 10.1. The van der Waals surface area contributed by atoms with Gasteiger partial charge < -0.3 is 28.8 Å². The van der Waals surface area contributed by atoms with E-state index in [1.165, 1.54) is 13.2 Å². The van der Waals surface area contributed by atoms with Gasteiger partial charge >= 0.3 is 5.97 Å². The molecule has 0 saturated carbocycles. The van der Waals surface area contributed by atoms with Crippen LogP contribution in [0.1, 0.15) is 6.92 Å². The molecule has 0 unspecified atom stereocenters. The third-order valence-corrected chi connectivity index (χ3v) is 3.64. The Hall–Kier alpha value is -1.64. The Morgan fingerprint density at radius 3 is 3.00 bits per heavy atom. The molecule has 0 amide bonds. The number of esters is 1. The maximum absolute atomic E-state index is 11.7. The van der Waals surface area contributed by atoms with Crippen LogP contribution in [0.25, 0.3) is 0 Å². The lowest BCUT2D eigenvalue weighted by Gasteiger charge is -2.34. The number of carbonyl (C=O) groups excluding carboxylic acids is 1. The van der Waals surface area contributed by atoms with Crippen LogP contribution in [0, 0.1) is 0 Å². The number of rotatable bonds is 3. The largest absolute Gasteiger partial charge is 0.478 e. The molecule has 0 aromatic heterocycles. The van der Waals surface area contributed by atoms with E-state index in [1.54, 1.807) is 6.92 Å². The van der Waals surface area contributed by atoms with Crippen LogP contribution in [-0.4, -0.2) is 67.9 Å². The van der Waals surface area contributed by atoms with Gasteiger partial charge in [-0.2, -0.15) is 0 Å². The summed E-state index contributed by atoms with van der Waals surface area (Å²) in [5.74, 6) is -0.134. The quantitative estimate of drug-likeness (QED) is 0.693. The summed E-state index contributed by atoms with van der Waals surface area (Å²) in [5.41, 5.74) is 0.